The van der Waals surface area contributed by atoms with Crippen LogP contribution in [0.3, 0.4) is 0 Å². The lowest BCUT2D eigenvalue weighted by Gasteiger charge is -2.04. The lowest BCUT2D eigenvalue weighted by Crippen LogP contribution is -2.02. The molecule has 15 heavy (non-hydrogen) atoms. The van der Waals surface area contributed by atoms with Crippen molar-refractivity contribution in [2.24, 2.45) is 0 Å². The molecule has 0 unspecified atom stereocenters. The smallest absolute Gasteiger partial charge is 0.139 e. The molecule has 0 aliphatic rings. The molecule has 2 aromatic rings. The predicted octanol–water partition coefficient (Wildman–Crippen LogP) is 2.80. The monoisotopic (exact) mass is 205 g/mol. The first-order valence-electron chi connectivity index (χ1n) is 5.08. The number of ether oxygens (including phenoxy) is 1. The van der Waals surface area contributed by atoms with Crippen molar-refractivity contribution < 1.29 is 9.84 Å². The first-order chi connectivity index (χ1) is 7.16. The molecule has 1 aromatic carbocycles. The van der Waals surface area contributed by atoms with Crippen LogP contribution in [-0.4, -0.2) is 16.2 Å². The van der Waals surface area contributed by atoms with Crippen LogP contribution in [0.25, 0.3) is 10.9 Å². The first-order valence-corrected chi connectivity index (χ1v) is 5.08. The number of rotatable bonds is 3. The third-order valence-corrected chi connectivity index (χ3v) is 2.26. The third-order valence-electron chi connectivity index (χ3n) is 2.26. The summed E-state index contributed by atoms with van der Waals surface area (Å²) in [7, 11) is 0. The van der Waals surface area contributed by atoms with E-state index in [2.05, 4.69) is 4.98 Å². The molecule has 0 saturated heterocycles. The van der Waals surface area contributed by atoms with Crippen LogP contribution in [0.1, 0.15) is 19.5 Å². The molecule has 80 valence electrons. The number of nitrogens with one attached hydrogen (secondary N) is 1. The van der Waals surface area contributed by atoms with Crippen molar-refractivity contribution in [3.63, 3.8) is 0 Å². The first kappa shape index (κ1) is 10.1. The van der Waals surface area contributed by atoms with E-state index in [4.69, 9.17) is 4.74 Å². The summed E-state index contributed by atoms with van der Waals surface area (Å²) in [4.78, 5) is 3.14. The van der Waals surface area contributed by atoms with Crippen LogP contribution < -0.4 is 0 Å². The highest BCUT2D eigenvalue weighted by molar-refractivity contribution is 5.85. The Morgan fingerprint density at radius 1 is 1.40 bits per heavy atom. The molecule has 2 N–H and O–H groups in total. The molecule has 0 fully saturated rings. The van der Waals surface area contributed by atoms with Gasteiger partial charge >= 0.3 is 0 Å². The van der Waals surface area contributed by atoms with Gasteiger partial charge in [-0.2, -0.15) is 0 Å². The van der Waals surface area contributed by atoms with Gasteiger partial charge in [0.2, 0.25) is 0 Å². The summed E-state index contributed by atoms with van der Waals surface area (Å²) in [5, 5.41) is 10.6. The SMILES string of the molecule is CC(C)OCc1cc2cccc(O)c2[nH]1. The summed E-state index contributed by atoms with van der Waals surface area (Å²) in [5.41, 5.74) is 1.76. The minimum atomic E-state index is 0.213. The Bertz CT molecular complexity index is 460. The lowest BCUT2D eigenvalue weighted by atomic mass is 10.2. The molecular weight excluding hydrogens is 190 g/mol. The molecule has 1 aromatic heterocycles. The van der Waals surface area contributed by atoms with E-state index in [0.717, 1.165) is 16.6 Å². The standard InChI is InChI=1S/C12H15NO2/c1-8(2)15-7-10-6-9-4-3-5-11(14)12(9)13-10/h3-6,8,13-14H,7H2,1-2H3. The summed E-state index contributed by atoms with van der Waals surface area (Å²) in [6, 6.07) is 7.46. The lowest BCUT2D eigenvalue weighted by molar-refractivity contribution is 0.0639. The molecule has 3 nitrogen and oxygen atoms in total. The van der Waals surface area contributed by atoms with Crippen molar-refractivity contribution in [3.05, 3.63) is 30.0 Å². The highest BCUT2D eigenvalue weighted by Gasteiger charge is 2.04. The number of benzene rings is 1. The maximum absolute atomic E-state index is 9.59. The number of aromatic hydroxyl groups is 1. The largest absolute Gasteiger partial charge is 0.506 e. The molecule has 0 bridgehead atoms. The van der Waals surface area contributed by atoms with Gasteiger partial charge in [0, 0.05) is 11.1 Å². The Hall–Kier alpha value is -1.48. The molecular formula is C12H15NO2. The molecule has 1 heterocycles. The maximum Gasteiger partial charge on any atom is 0.139 e. The Morgan fingerprint density at radius 2 is 2.20 bits per heavy atom. The van der Waals surface area contributed by atoms with Crippen molar-refractivity contribution in [2.75, 3.05) is 0 Å². The number of fused-ring (bicyclic) bond motifs is 1. The van der Waals surface area contributed by atoms with Gasteiger partial charge in [-0.25, -0.2) is 0 Å². The van der Waals surface area contributed by atoms with Gasteiger partial charge in [-0.3, -0.25) is 0 Å². The van der Waals surface area contributed by atoms with E-state index >= 15 is 0 Å². The molecule has 0 spiro atoms. The number of phenols is 1. The van der Waals surface area contributed by atoms with E-state index in [1.807, 2.05) is 32.0 Å². The molecule has 0 aliphatic heterocycles. The number of aromatic nitrogens is 1. The highest BCUT2D eigenvalue weighted by atomic mass is 16.5. The van der Waals surface area contributed by atoms with Crippen LogP contribution in [0.2, 0.25) is 0 Å². The van der Waals surface area contributed by atoms with E-state index in [9.17, 15) is 5.11 Å². The number of hydrogen-bond donors (Lipinski definition) is 2. The van der Waals surface area contributed by atoms with Crippen molar-refractivity contribution in [1.82, 2.24) is 4.98 Å². The van der Waals surface area contributed by atoms with Crippen LogP contribution in [0.15, 0.2) is 24.3 Å². The fourth-order valence-electron chi connectivity index (χ4n) is 1.53. The fraction of sp³-hybridized carbons (Fsp3) is 0.333. The Labute approximate surface area is 88.7 Å². The van der Waals surface area contributed by atoms with Crippen molar-refractivity contribution in [2.45, 2.75) is 26.6 Å². The quantitative estimate of drug-likeness (QED) is 0.809. The van der Waals surface area contributed by atoms with E-state index < -0.39 is 0 Å². The van der Waals surface area contributed by atoms with Gasteiger partial charge in [-0.15, -0.1) is 0 Å². The summed E-state index contributed by atoms with van der Waals surface area (Å²) < 4.78 is 5.48. The van der Waals surface area contributed by atoms with Gasteiger partial charge in [-0.05, 0) is 26.0 Å². The topological polar surface area (TPSA) is 45.2 Å². The Balaban J connectivity index is 2.27. The van der Waals surface area contributed by atoms with Crippen LogP contribution in [0, 0.1) is 0 Å². The molecule has 0 aliphatic carbocycles. The second kappa shape index (κ2) is 3.95. The second-order valence-electron chi connectivity index (χ2n) is 3.90. The van der Waals surface area contributed by atoms with Crippen LogP contribution in [0.4, 0.5) is 0 Å². The molecule has 3 heteroatoms. The summed E-state index contributed by atoms with van der Waals surface area (Å²) in [6.45, 7) is 4.55. The molecule has 0 amide bonds. The van der Waals surface area contributed by atoms with Gasteiger partial charge in [0.15, 0.2) is 0 Å². The van der Waals surface area contributed by atoms with Crippen LogP contribution in [-0.2, 0) is 11.3 Å². The minimum absolute atomic E-state index is 0.213. The van der Waals surface area contributed by atoms with Gasteiger partial charge < -0.3 is 14.8 Å². The van der Waals surface area contributed by atoms with Gasteiger partial charge in [0.05, 0.1) is 18.2 Å². The average Bonchev–Trinajstić information content (AvgIpc) is 2.59. The van der Waals surface area contributed by atoms with Crippen LogP contribution >= 0.6 is 0 Å². The van der Waals surface area contributed by atoms with Gasteiger partial charge in [0.25, 0.3) is 0 Å². The van der Waals surface area contributed by atoms with E-state index in [1.165, 1.54) is 0 Å². The summed E-state index contributed by atoms with van der Waals surface area (Å²) in [6.07, 6.45) is 0.213. The highest BCUT2D eigenvalue weighted by Crippen LogP contribution is 2.24. The van der Waals surface area contributed by atoms with E-state index in [-0.39, 0.29) is 11.9 Å². The fourth-order valence-corrected chi connectivity index (χ4v) is 1.53. The Kier molecular flexibility index (Phi) is 2.64. The summed E-state index contributed by atoms with van der Waals surface area (Å²) in [5.74, 6) is 0.281. The van der Waals surface area contributed by atoms with E-state index in [1.54, 1.807) is 6.07 Å². The minimum Gasteiger partial charge on any atom is -0.506 e. The number of para-hydroxylation sites is 1. The van der Waals surface area contributed by atoms with Crippen molar-refractivity contribution >= 4 is 10.9 Å². The van der Waals surface area contributed by atoms with Gasteiger partial charge in [-0.1, -0.05) is 12.1 Å². The second-order valence-corrected chi connectivity index (χ2v) is 3.90. The van der Waals surface area contributed by atoms with Crippen molar-refractivity contribution in [3.8, 4) is 5.75 Å². The third kappa shape index (κ3) is 2.13. The zero-order chi connectivity index (χ0) is 10.8. The van der Waals surface area contributed by atoms with Crippen molar-refractivity contribution in [1.29, 1.82) is 0 Å². The molecule has 0 saturated carbocycles. The molecule has 0 atom stereocenters. The molecule has 2 rings (SSSR count). The molecule has 0 radical (unpaired) electrons. The summed E-state index contributed by atoms with van der Waals surface area (Å²) >= 11 is 0. The average molecular weight is 205 g/mol. The van der Waals surface area contributed by atoms with Gasteiger partial charge in [0.1, 0.15) is 5.75 Å². The number of H-pyrrole nitrogens is 1. The van der Waals surface area contributed by atoms with Crippen LogP contribution in [0.5, 0.6) is 5.75 Å². The zero-order valence-corrected chi connectivity index (χ0v) is 8.95. The predicted molar refractivity (Wildman–Crippen MR) is 59.9 cm³/mol. The number of aromatic amines is 1. The number of hydrogen-bond acceptors (Lipinski definition) is 2. The maximum atomic E-state index is 9.59. The Morgan fingerprint density at radius 3 is 2.87 bits per heavy atom. The normalized spacial score (nSPS) is 11.4. The van der Waals surface area contributed by atoms with E-state index in [0.29, 0.717) is 6.61 Å². The number of phenolic OH excluding ortho intramolecular Hbond substituents is 1. The zero-order valence-electron chi connectivity index (χ0n) is 8.95.